The van der Waals surface area contributed by atoms with Gasteiger partial charge in [-0.1, -0.05) is 35.3 Å². The van der Waals surface area contributed by atoms with Crippen molar-refractivity contribution in [1.82, 2.24) is 0 Å². The van der Waals surface area contributed by atoms with Gasteiger partial charge in [0.1, 0.15) is 11.7 Å². The summed E-state index contributed by atoms with van der Waals surface area (Å²) in [5.41, 5.74) is -4.20. The van der Waals surface area contributed by atoms with Crippen molar-refractivity contribution in [2.45, 2.75) is 18.3 Å². The van der Waals surface area contributed by atoms with Crippen LogP contribution in [0.5, 0.6) is 0 Å². The van der Waals surface area contributed by atoms with Gasteiger partial charge in [-0.05, 0) is 35.9 Å². The van der Waals surface area contributed by atoms with Gasteiger partial charge in [-0.15, -0.1) is 0 Å². The molecule has 0 aromatic heterocycles. The van der Waals surface area contributed by atoms with Crippen LogP contribution in [-0.2, 0) is 6.18 Å². The van der Waals surface area contributed by atoms with Crippen LogP contribution >= 0.6 is 23.2 Å². The summed E-state index contributed by atoms with van der Waals surface area (Å²) in [4.78, 5) is 10.9. The van der Waals surface area contributed by atoms with E-state index in [0.717, 1.165) is 18.2 Å². The van der Waals surface area contributed by atoms with Crippen molar-refractivity contribution < 1.29 is 40.6 Å². The molecule has 2 nitrogen and oxygen atoms in total. The maximum atomic E-state index is 14.5. The molecule has 2 aromatic carbocycles. The Bertz CT molecular complexity index is 966. The van der Waals surface area contributed by atoms with E-state index >= 15 is 0 Å². The number of aromatic carboxylic acids is 1. The van der Waals surface area contributed by atoms with Gasteiger partial charge in [0.05, 0.1) is 21.2 Å². The van der Waals surface area contributed by atoms with Crippen LogP contribution in [0.1, 0.15) is 33.0 Å². The summed E-state index contributed by atoms with van der Waals surface area (Å²) in [6, 6.07) is 4.12. The van der Waals surface area contributed by atoms with E-state index in [1.165, 1.54) is 0 Å². The highest BCUT2D eigenvalue weighted by molar-refractivity contribution is 6.42. The Kier molecular flexibility index (Phi) is 6.54. The average molecular weight is 461 g/mol. The van der Waals surface area contributed by atoms with Gasteiger partial charge in [-0.2, -0.15) is 26.3 Å². The Morgan fingerprint density at radius 1 is 0.966 bits per heavy atom. The van der Waals surface area contributed by atoms with Crippen molar-refractivity contribution >= 4 is 35.0 Å². The molecular formula is C18H9Cl2F7O2. The number of carbonyl (C=O) groups is 1. The molecule has 156 valence electrons. The number of hydrogen-bond acceptors (Lipinski definition) is 1. The van der Waals surface area contributed by atoms with E-state index in [-0.39, 0.29) is 22.2 Å². The van der Waals surface area contributed by atoms with E-state index in [4.69, 9.17) is 28.3 Å². The standard InChI is InChI=1S/C18H9Cl2F7O2/c19-13-4-2-8(6-14(13)20)11(17(22,23)24)7-15(21)9-1-3-10(16(28)29)12(5-9)18(25,26)27/h1-7,11H,(H,28,29). The summed E-state index contributed by atoms with van der Waals surface area (Å²) in [6.45, 7) is 0. The molecule has 0 aliphatic carbocycles. The molecule has 0 heterocycles. The molecule has 0 aliphatic heterocycles. The maximum absolute atomic E-state index is 14.5. The van der Waals surface area contributed by atoms with Crippen LogP contribution in [0, 0.1) is 0 Å². The van der Waals surface area contributed by atoms with Crippen molar-refractivity contribution in [3.05, 3.63) is 74.8 Å². The first-order valence-electron chi connectivity index (χ1n) is 7.55. The van der Waals surface area contributed by atoms with Crippen LogP contribution in [0.2, 0.25) is 10.0 Å². The molecule has 29 heavy (non-hydrogen) atoms. The SMILES string of the molecule is O=C(O)c1ccc(C(F)=CC(c2ccc(Cl)c(Cl)c2)C(F)(F)F)cc1C(F)(F)F. The monoisotopic (exact) mass is 460 g/mol. The smallest absolute Gasteiger partial charge is 0.417 e. The van der Waals surface area contributed by atoms with E-state index in [9.17, 15) is 35.5 Å². The zero-order valence-corrected chi connectivity index (χ0v) is 15.4. The summed E-state index contributed by atoms with van der Waals surface area (Å²) in [6.07, 6.45) is -10.1. The Labute approximate surface area is 169 Å². The molecule has 0 spiro atoms. The molecule has 0 bridgehead atoms. The lowest BCUT2D eigenvalue weighted by atomic mass is 9.95. The highest BCUT2D eigenvalue weighted by Crippen LogP contribution is 2.41. The van der Waals surface area contributed by atoms with Gasteiger partial charge in [0, 0.05) is 5.56 Å². The molecule has 0 radical (unpaired) electrons. The normalized spacial score (nSPS) is 14.0. The van der Waals surface area contributed by atoms with E-state index in [1.54, 1.807) is 0 Å². The lowest BCUT2D eigenvalue weighted by molar-refractivity contribution is -0.140. The summed E-state index contributed by atoms with van der Waals surface area (Å²) in [5.74, 6) is -6.08. The Balaban J connectivity index is 2.58. The van der Waals surface area contributed by atoms with Crippen LogP contribution in [0.3, 0.4) is 0 Å². The van der Waals surface area contributed by atoms with Crippen LogP contribution in [-0.4, -0.2) is 17.3 Å². The number of allylic oxidation sites excluding steroid dienone is 1. The van der Waals surface area contributed by atoms with Gasteiger partial charge in [-0.3, -0.25) is 0 Å². The van der Waals surface area contributed by atoms with E-state index in [0.29, 0.717) is 12.1 Å². The molecule has 0 amide bonds. The highest BCUT2D eigenvalue weighted by Gasteiger charge is 2.40. The van der Waals surface area contributed by atoms with Crippen LogP contribution < -0.4 is 0 Å². The second-order valence-electron chi connectivity index (χ2n) is 5.77. The third kappa shape index (κ3) is 5.42. The van der Waals surface area contributed by atoms with Gasteiger partial charge in [-0.25, -0.2) is 9.18 Å². The quantitative estimate of drug-likeness (QED) is 0.483. The van der Waals surface area contributed by atoms with Gasteiger partial charge >= 0.3 is 18.3 Å². The second kappa shape index (κ2) is 8.23. The molecule has 0 aliphatic rings. The number of halogens is 9. The second-order valence-corrected chi connectivity index (χ2v) is 6.59. The molecule has 0 fully saturated rings. The predicted octanol–water partition coefficient (Wildman–Crippen LogP) is 7.37. The maximum Gasteiger partial charge on any atom is 0.417 e. The lowest BCUT2D eigenvalue weighted by Crippen LogP contribution is -2.19. The van der Waals surface area contributed by atoms with Crippen molar-refractivity contribution in [3.63, 3.8) is 0 Å². The highest BCUT2D eigenvalue weighted by atomic mass is 35.5. The molecular weight excluding hydrogens is 452 g/mol. The average Bonchev–Trinajstić information content (AvgIpc) is 2.59. The Morgan fingerprint density at radius 3 is 2.07 bits per heavy atom. The number of hydrogen-bond donors (Lipinski definition) is 1. The Morgan fingerprint density at radius 2 is 1.59 bits per heavy atom. The topological polar surface area (TPSA) is 37.3 Å². The molecule has 2 aromatic rings. The van der Waals surface area contributed by atoms with Gasteiger partial charge in [0.15, 0.2) is 0 Å². The molecule has 0 saturated heterocycles. The number of carboxylic acid groups (broad SMARTS) is 1. The zero-order chi connectivity index (χ0) is 22.1. The fraction of sp³-hybridized carbons (Fsp3) is 0.167. The van der Waals surface area contributed by atoms with Crippen molar-refractivity contribution in [2.75, 3.05) is 0 Å². The van der Waals surface area contributed by atoms with E-state index in [1.807, 2.05) is 0 Å². The summed E-state index contributed by atoms with van der Waals surface area (Å²) < 4.78 is 93.8. The van der Waals surface area contributed by atoms with Gasteiger partial charge < -0.3 is 5.11 Å². The minimum Gasteiger partial charge on any atom is -0.478 e. The first-order valence-corrected chi connectivity index (χ1v) is 8.31. The number of benzene rings is 2. The minimum atomic E-state index is -5.16. The Hall–Kier alpha value is -2.26. The molecule has 1 N–H and O–H groups in total. The summed E-state index contributed by atoms with van der Waals surface area (Å²) in [7, 11) is 0. The van der Waals surface area contributed by atoms with Crippen LogP contribution in [0.4, 0.5) is 30.7 Å². The minimum absolute atomic E-state index is 0.0418. The fourth-order valence-electron chi connectivity index (χ4n) is 2.44. The first kappa shape index (κ1) is 23.0. The van der Waals surface area contributed by atoms with Crippen LogP contribution in [0.15, 0.2) is 42.5 Å². The molecule has 11 heteroatoms. The van der Waals surface area contributed by atoms with Crippen LogP contribution in [0.25, 0.3) is 5.83 Å². The largest absolute Gasteiger partial charge is 0.478 e. The number of rotatable bonds is 4. The molecule has 1 unspecified atom stereocenters. The van der Waals surface area contributed by atoms with Crippen molar-refractivity contribution in [3.8, 4) is 0 Å². The van der Waals surface area contributed by atoms with Crippen molar-refractivity contribution in [2.24, 2.45) is 0 Å². The molecule has 2 rings (SSSR count). The lowest BCUT2D eigenvalue weighted by Gasteiger charge is -2.18. The molecule has 1 atom stereocenters. The fourth-order valence-corrected chi connectivity index (χ4v) is 2.75. The van der Waals surface area contributed by atoms with Crippen molar-refractivity contribution in [1.29, 1.82) is 0 Å². The van der Waals surface area contributed by atoms with Gasteiger partial charge in [0.2, 0.25) is 0 Å². The number of carboxylic acids is 1. The summed E-state index contributed by atoms with van der Waals surface area (Å²) >= 11 is 11.3. The molecule has 0 saturated carbocycles. The van der Waals surface area contributed by atoms with E-state index < -0.39 is 52.3 Å². The third-order valence-electron chi connectivity index (χ3n) is 3.80. The zero-order valence-electron chi connectivity index (χ0n) is 13.9. The predicted molar refractivity (Wildman–Crippen MR) is 92.7 cm³/mol. The van der Waals surface area contributed by atoms with Gasteiger partial charge in [0.25, 0.3) is 0 Å². The third-order valence-corrected chi connectivity index (χ3v) is 4.54. The first-order chi connectivity index (χ1) is 13.2. The number of alkyl halides is 6. The summed E-state index contributed by atoms with van der Waals surface area (Å²) in [5, 5.41) is 8.56. The van der Waals surface area contributed by atoms with E-state index in [2.05, 4.69) is 0 Å².